The second-order valence-electron chi connectivity index (χ2n) is 8.87. The van der Waals surface area contributed by atoms with Crippen molar-refractivity contribution in [2.24, 2.45) is 7.05 Å². The van der Waals surface area contributed by atoms with Crippen LogP contribution in [0.2, 0.25) is 0 Å². The number of hydrogen-bond acceptors (Lipinski definition) is 3. The molecule has 0 unspecified atom stereocenters. The average molecular weight is 455 g/mol. The summed E-state index contributed by atoms with van der Waals surface area (Å²) in [5.41, 5.74) is 6.27. The molecule has 34 heavy (non-hydrogen) atoms. The lowest BCUT2D eigenvalue weighted by Gasteiger charge is -2.17. The number of imidazole rings is 1. The smallest absolute Gasteiger partial charge is 0.330 e. The van der Waals surface area contributed by atoms with Crippen LogP contribution in [0.4, 0.5) is 0 Å². The Hall–Kier alpha value is -4.13. The van der Waals surface area contributed by atoms with Gasteiger partial charge in [-0.05, 0) is 60.4 Å². The van der Waals surface area contributed by atoms with Gasteiger partial charge < -0.3 is 9.67 Å². The summed E-state index contributed by atoms with van der Waals surface area (Å²) in [6.45, 7) is 4.43. The van der Waals surface area contributed by atoms with Crippen LogP contribution < -0.4 is 5.69 Å². The zero-order valence-electron chi connectivity index (χ0n) is 19.4. The molecule has 0 amide bonds. The summed E-state index contributed by atoms with van der Waals surface area (Å²) in [4.78, 5) is 29.9. The molecule has 5 aromatic rings. The predicted molar refractivity (Wildman–Crippen MR) is 132 cm³/mol. The highest BCUT2D eigenvalue weighted by Gasteiger charge is 2.25. The monoisotopic (exact) mass is 454 g/mol. The Morgan fingerprint density at radius 1 is 1.06 bits per heavy atom. The van der Waals surface area contributed by atoms with Crippen LogP contribution in [-0.4, -0.2) is 29.8 Å². The van der Waals surface area contributed by atoms with Gasteiger partial charge in [0.2, 0.25) is 0 Å². The zero-order chi connectivity index (χ0) is 24.0. The predicted octanol–water partition coefficient (Wildman–Crippen LogP) is 4.42. The number of aromatic nitrogens is 4. The fourth-order valence-corrected chi connectivity index (χ4v) is 4.96. The van der Waals surface area contributed by atoms with Gasteiger partial charge in [-0.2, -0.15) is 0 Å². The van der Waals surface area contributed by atoms with Gasteiger partial charge in [0.15, 0.2) is 0 Å². The van der Waals surface area contributed by atoms with Gasteiger partial charge in [0, 0.05) is 36.5 Å². The molecule has 3 aromatic heterocycles. The first kappa shape index (κ1) is 21.7. The highest BCUT2D eigenvalue weighted by atomic mass is 16.4. The molecule has 1 N–H and O–H groups in total. The molecular formula is C27H26N4O3. The Morgan fingerprint density at radius 3 is 2.62 bits per heavy atom. The van der Waals surface area contributed by atoms with E-state index in [9.17, 15) is 14.7 Å². The van der Waals surface area contributed by atoms with Crippen molar-refractivity contribution >= 4 is 27.9 Å². The molecule has 0 spiro atoms. The number of carboxylic acids is 1. The molecule has 0 saturated heterocycles. The molecule has 7 nitrogen and oxygen atoms in total. The third-order valence-corrected chi connectivity index (χ3v) is 6.50. The van der Waals surface area contributed by atoms with Gasteiger partial charge in [-0.1, -0.05) is 24.3 Å². The second kappa shape index (κ2) is 8.33. The molecule has 3 heterocycles. The number of rotatable bonds is 6. The van der Waals surface area contributed by atoms with E-state index in [2.05, 4.69) is 34.8 Å². The van der Waals surface area contributed by atoms with Crippen molar-refractivity contribution in [2.75, 3.05) is 0 Å². The minimum atomic E-state index is -0.973. The van der Waals surface area contributed by atoms with Gasteiger partial charge in [0.05, 0.1) is 30.0 Å². The standard InChI is InChI=1S/C27H26N4O3/c1-17-9-10-21-24(12-17)31(23(13-25(32)33)19-7-5-11-28-14-19)27(34)30(21)16-20-15-29(3)22-8-4-6-18(2)26(20)22/h4-12,14-15,23H,13,16H2,1-3H3,(H,32,33)/t23-/m1/s1. The lowest BCUT2D eigenvalue weighted by atomic mass is 10.1. The van der Waals surface area contributed by atoms with E-state index in [0.717, 1.165) is 38.6 Å². The second-order valence-corrected chi connectivity index (χ2v) is 8.87. The molecular weight excluding hydrogens is 428 g/mol. The molecule has 0 aliphatic carbocycles. The van der Waals surface area contributed by atoms with Crippen LogP contribution in [0.3, 0.4) is 0 Å². The van der Waals surface area contributed by atoms with Crippen LogP contribution in [0.25, 0.3) is 21.9 Å². The van der Waals surface area contributed by atoms with Gasteiger partial charge in [-0.3, -0.25) is 18.9 Å². The van der Waals surface area contributed by atoms with Crippen LogP contribution >= 0.6 is 0 Å². The van der Waals surface area contributed by atoms with Gasteiger partial charge in [0.1, 0.15) is 0 Å². The average Bonchev–Trinajstić information content (AvgIpc) is 3.27. The molecule has 0 fully saturated rings. The minimum absolute atomic E-state index is 0.216. The molecule has 172 valence electrons. The summed E-state index contributed by atoms with van der Waals surface area (Å²) < 4.78 is 5.45. The molecule has 2 aromatic carbocycles. The normalized spacial score (nSPS) is 12.4. The van der Waals surface area contributed by atoms with Crippen molar-refractivity contribution < 1.29 is 9.90 Å². The van der Waals surface area contributed by atoms with Crippen LogP contribution in [-0.2, 0) is 18.4 Å². The van der Waals surface area contributed by atoms with Crippen molar-refractivity contribution in [2.45, 2.75) is 32.9 Å². The van der Waals surface area contributed by atoms with E-state index in [-0.39, 0.29) is 12.1 Å². The van der Waals surface area contributed by atoms with Gasteiger partial charge in [-0.15, -0.1) is 0 Å². The van der Waals surface area contributed by atoms with Crippen LogP contribution in [0, 0.1) is 13.8 Å². The molecule has 0 saturated carbocycles. The van der Waals surface area contributed by atoms with Gasteiger partial charge >= 0.3 is 11.7 Å². The van der Waals surface area contributed by atoms with E-state index < -0.39 is 12.0 Å². The van der Waals surface area contributed by atoms with Crippen molar-refractivity contribution in [1.82, 2.24) is 18.7 Å². The van der Waals surface area contributed by atoms with E-state index in [1.54, 1.807) is 27.6 Å². The van der Waals surface area contributed by atoms with Gasteiger partial charge in [-0.25, -0.2) is 4.79 Å². The van der Waals surface area contributed by atoms with E-state index in [0.29, 0.717) is 12.1 Å². The Balaban J connectivity index is 1.75. The number of hydrogen-bond donors (Lipinski definition) is 1. The SMILES string of the molecule is Cc1ccc2c(c1)n([C@H](CC(=O)O)c1cccnc1)c(=O)n2Cc1cn(C)c2cccc(C)c12. The fourth-order valence-electron chi connectivity index (χ4n) is 4.96. The number of benzene rings is 2. The van der Waals surface area contributed by atoms with E-state index in [4.69, 9.17) is 0 Å². The maximum absolute atomic E-state index is 13.9. The van der Waals surface area contributed by atoms with E-state index >= 15 is 0 Å². The highest BCUT2D eigenvalue weighted by Crippen LogP contribution is 2.29. The number of fused-ring (bicyclic) bond motifs is 2. The van der Waals surface area contributed by atoms with Crippen molar-refractivity contribution in [3.8, 4) is 0 Å². The lowest BCUT2D eigenvalue weighted by molar-refractivity contribution is -0.137. The highest BCUT2D eigenvalue weighted by molar-refractivity contribution is 5.87. The van der Waals surface area contributed by atoms with Crippen molar-refractivity contribution in [1.29, 1.82) is 0 Å². The number of carbonyl (C=O) groups is 1. The number of aryl methyl sites for hydroxylation is 3. The summed E-state index contributed by atoms with van der Waals surface area (Å²) >= 11 is 0. The molecule has 5 rings (SSSR count). The molecule has 7 heteroatoms. The first-order valence-corrected chi connectivity index (χ1v) is 11.2. The third kappa shape index (κ3) is 3.59. The molecule has 0 bridgehead atoms. The Bertz CT molecular complexity index is 1590. The Labute approximate surface area is 196 Å². The largest absolute Gasteiger partial charge is 0.481 e. The minimum Gasteiger partial charge on any atom is -0.481 e. The summed E-state index contributed by atoms with van der Waals surface area (Å²) in [6, 6.07) is 15.0. The van der Waals surface area contributed by atoms with Crippen LogP contribution in [0.5, 0.6) is 0 Å². The topological polar surface area (TPSA) is 82.1 Å². The first-order chi connectivity index (χ1) is 16.3. The maximum atomic E-state index is 13.9. The van der Waals surface area contributed by atoms with E-state index in [1.165, 1.54) is 0 Å². The van der Waals surface area contributed by atoms with Crippen molar-refractivity contribution in [3.63, 3.8) is 0 Å². The van der Waals surface area contributed by atoms with Gasteiger partial charge in [0.25, 0.3) is 0 Å². The molecule has 0 radical (unpaired) electrons. The fraction of sp³-hybridized carbons (Fsp3) is 0.222. The van der Waals surface area contributed by atoms with E-state index in [1.807, 2.05) is 44.3 Å². The number of aliphatic carboxylic acids is 1. The zero-order valence-corrected chi connectivity index (χ0v) is 19.4. The Kier molecular flexibility index (Phi) is 5.32. The van der Waals surface area contributed by atoms with Crippen LogP contribution in [0.1, 0.15) is 34.7 Å². The number of nitrogens with zero attached hydrogens (tertiary/aromatic N) is 4. The summed E-state index contributed by atoms with van der Waals surface area (Å²) in [6.07, 6.45) is 5.12. The summed E-state index contributed by atoms with van der Waals surface area (Å²) in [5.74, 6) is -0.973. The lowest BCUT2D eigenvalue weighted by Crippen LogP contribution is -2.29. The third-order valence-electron chi connectivity index (χ3n) is 6.50. The quantitative estimate of drug-likeness (QED) is 0.412. The molecule has 0 aliphatic rings. The maximum Gasteiger partial charge on any atom is 0.330 e. The molecule has 0 aliphatic heterocycles. The summed E-state index contributed by atoms with van der Waals surface area (Å²) in [7, 11) is 2.01. The number of carboxylic acid groups (broad SMARTS) is 1. The van der Waals surface area contributed by atoms with Crippen LogP contribution in [0.15, 0.2) is 71.9 Å². The first-order valence-electron chi connectivity index (χ1n) is 11.2. The molecule has 1 atom stereocenters. The Morgan fingerprint density at radius 2 is 1.88 bits per heavy atom. The summed E-state index contributed by atoms with van der Waals surface area (Å²) in [5, 5.41) is 10.8. The number of pyridine rings is 1. The van der Waals surface area contributed by atoms with Crippen molar-refractivity contribution in [3.05, 3.63) is 99.9 Å².